The van der Waals surface area contributed by atoms with Crippen LogP contribution in [0.3, 0.4) is 0 Å². The van der Waals surface area contributed by atoms with Gasteiger partial charge in [-0.15, -0.1) is 0 Å². The predicted octanol–water partition coefficient (Wildman–Crippen LogP) is 12.1. The van der Waals surface area contributed by atoms with Crippen LogP contribution in [-0.2, 0) is 5.41 Å². The van der Waals surface area contributed by atoms with E-state index in [-0.39, 0.29) is 5.41 Å². The number of fused-ring (bicyclic) bond motifs is 6. The zero-order valence-electron chi connectivity index (χ0n) is 26.3. The van der Waals surface area contributed by atoms with Gasteiger partial charge < -0.3 is 9.32 Å². The quantitative estimate of drug-likeness (QED) is 0.196. The minimum atomic E-state index is -0.0209. The molecule has 0 saturated heterocycles. The topological polar surface area (TPSA) is 29.3 Å². The summed E-state index contributed by atoms with van der Waals surface area (Å²) in [4.78, 5) is 7.11. The van der Waals surface area contributed by atoms with Crippen LogP contribution in [0, 0.1) is 0 Å². The van der Waals surface area contributed by atoms with Gasteiger partial charge in [0.25, 0.3) is 0 Å². The summed E-state index contributed by atoms with van der Waals surface area (Å²) < 4.78 is 6.28. The van der Waals surface area contributed by atoms with Crippen molar-refractivity contribution in [2.24, 2.45) is 0 Å². The standard InChI is InChI=1S/C44H32N2O/c1-44(2)39-16-10-9-15-37(39)38-28-35(23-25-40(38)44)46(33-13-7-4-8-14-33)34-21-17-29(18-22-34)31-19-24-36-32(27-31)20-26-41-42(36)47-43(45-41)30-11-5-3-6-12-30/h3-28H,1-2H3. The van der Waals surface area contributed by atoms with Gasteiger partial charge in [-0.25, -0.2) is 4.98 Å². The average molecular weight is 605 g/mol. The Morgan fingerprint density at radius 2 is 1.17 bits per heavy atom. The molecule has 3 nitrogen and oxygen atoms in total. The van der Waals surface area contributed by atoms with Gasteiger partial charge in [-0.3, -0.25) is 0 Å². The van der Waals surface area contributed by atoms with Crippen LogP contribution in [0.5, 0.6) is 0 Å². The third kappa shape index (κ3) is 4.46. The lowest BCUT2D eigenvalue weighted by atomic mass is 9.82. The predicted molar refractivity (Wildman–Crippen MR) is 195 cm³/mol. The minimum absolute atomic E-state index is 0.0209. The van der Waals surface area contributed by atoms with Crippen molar-refractivity contribution in [3.63, 3.8) is 0 Å². The van der Waals surface area contributed by atoms with Gasteiger partial charge in [0, 0.05) is 33.4 Å². The van der Waals surface area contributed by atoms with Gasteiger partial charge in [0.15, 0.2) is 5.58 Å². The first-order chi connectivity index (χ1) is 23.0. The van der Waals surface area contributed by atoms with Crippen LogP contribution in [0.1, 0.15) is 25.0 Å². The third-order valence-electron chi connectivity index (χ3n) is 9.69. The maximum Gasteiger partial charge on any atom is 0.227 e. The first-order valence-corrected chi connectivity index (χ1v) is 16.1. The normalized spacial score (nSPS) is 13.1. The maximum atomic E-state index is 6.28. The highest BCUT2D eigenvalue weighted by molar-refractivity contribution is 6.05. The van der Waals surface area contributed by atoms with Crippen LogP contribution < -0.4 is 4.90 Å². The van der Waals surface area contributed by atoms with E-state index in [1.807, 2.05) is 36.4 Å². The fourth-order valence-corrected chi connectivity index (χ4v) is 7.27. The number of rotatable bonds is 5. The van der Waals surface area contributed by atoms with E-state index in [1.54, 1.807) is 0 Å². The number of aromatic nitrogens is 1. The molecule has 1 aromatic heterocycles. The van der Waals surface area contributed by atoms with Crippen LogP contribution >= 0.6 is 0 Å². The van der Waals surface area contributed by atoms with E-state index in [2.05, 4.69) is 140 Å². The Bertz CT molecular complexity index is 2420. The van der Waals surface area contributed by atoms with Gasteiger partial charge in [-0.2, -0.15) is 0 Å². The SMILES string of the molecule is CC1(C)c2ccccc2-c2cc(N(c3ccccc3)c3ccc(-c4ccc5c(ccc6nc(-c7ccccc7)oc65)c4)cc3)ccc21. The fraction of sp³-hybridized carbons (Fsp3) is 0.0682. The van der Waals surface area contributed by atoms with Gasteiger partial charge >= 0.3 is 0 Å². The number of benzene rings is 7. The third-order valence-corrected chi connectivity index (χ3v) is 9.69. The first-order valence-electron chi connectivity index (χ1n) is 16.1. The highest BCUT2D eigenvalue weighted by Gasteiger charge is 2.35. The lowest BCUT2D eigenvalue weighted by molar-refractivity contribution is 0.623. The van der Waals surface area contributed by atoms with Crippen molar-refractivity contribution in [2.45, 2.75) is 19.3 Å². The molecule has 0 unspecified atom stereocenters. The molecule has 8 aromatic rings. The molecule has 0 spiro atoms. The van der Waals surface area contributed by atoms with Crippen molar-refractivity contribution in [1.82, 2.24) is 4.98 Å². The monoisotopic (exact) mass is 604 g/mol. The van der Waals surface area contributed by atoms with E-state index in [0.717, 1.165) is 55.6 Å². The molecular formula is C44H32N2O. The molecule has 0 atom stereocenters. The van der Waals surface area contributed by atoms with E-state index in [9.17, 15) is 0 Å². The zero-order chi connectivity index (χ0) is 31.5. The molecule has 224 valence electrons. The Morgan fingerprint density at radius 1 is 0.511 bits per heavy atom. The maximum absolute atomic E-state index is 6.28. The van der Waals surface area contributed by atoms with Gasteiger partial charge in [0.2, 0.25) is 5.89 Å². The van der Waals surface area contributed by atoms with Crippen molar-refractivity contribution in [2.75, 3.05) is 4.90 Å². The summed E-state index contributed by atoms with van der Waals surface area (Å²) in [7, 11) is 0. The summed E-state index contributed by atoms with van der Waals surface area (Å²) in [6, 6.07) is 56.1. The zero-order valence-corrected chi connectivity index (χ0v) is 26.3. The molecule has 0 radical (unpaired) electrons. The molecule has 0 fully saturated rings. The largest absolute Gasteiger partial charge is 0.435 e. The molecule has 0 amide bonds. The Morgan fingerprint density at radius 3 is 1.98 bits per heavy atom. The fourth-order valence-electron chi connectivity index (χ4n) is 7.27. The number of hydrogen-bond acceptors (Lipinski definition) is 3. The molecule has 47 heavy (non-hydrogen) atoms. The summed E-state index contributed by atoms with van der Waals surface area (Å²) >= 11 is 0. The van der Waals surface area contributed by atoms with Gasteiger partial charge in [0.1, 0.15) is 5.52 Å². The molecular weight excluding hydrogens is 572 g/mol. The van der Waals surface area contributed by atoms with Crippen LogP contribution in [0.25, 0.3) is 55.6 Å². The number of para-hydroxylation sites is 1. The Hall–Kier alpha value is -5.93. The molecule has 0 bridgehead atoms. The van der Waals surface area contributed by atoms with Gasteiger partial charge in [-0.1, -0.05) is 105 Å². The highest BCUT2D eigenvalue weighted by Crippen LogP contribution is 2.50. The summed E-state index contributed by atoms with van der Waals surface area (Å²) in [6.45, 7) is 4.65. The summed E-state index contributed by atoms with van der Waals surface area (Å²) in [6.07, 6.45) is 0. The van der Waals surface area contributed by atoms with Crippen LogP contribution in [0.4, 0.5) is 17.1 Å². The van der Waals surface area contributed by atoms with Crippen molar-refractivity contribution in [1.29, 1.82) is 0 Å². The average Bonchev–Trinajstić information content (AvgIpc) is 3.66. The lowest BCUT2D eigenvalue weighted by Gasteiger charge is -2.27. The Kier molecular flexibility index (Phi) is 6.16. The smallest absolute Gasteiger partial charge is 0.227 e. The van der Waals surface area contributed by atoms with Crippen LogP contribution in [-0.4, -0.2) is 4.98 Å². The van der Waals surface area contributed by atoms with Crippen molar-refractivity contribution in [3.8, 4) is 33.7 Å². The van der Waals surface area contributed by atoms with Crippen LogP contribution in [0.2, 0.25) is 0 Å². The molecule has 1 heterocycles. The Labute approximate surface area is 274 Å². The van der Waals surface area contributed by atoms with Crippen LogP contribution in [0.15, 0.2) is 162 Å². The number of oxazole rings is 1. The summed E-state index contributed by atoms with van der Waals surface area (Å²) in [5.41, 5.74) is 13.8. The minimum Gasteiger partial charge on any atom is -0.435 e. The number of anilines is 3. The molecule has 0 saturated carbocycles. The molecule has 7 aromatic carbocycles. The van der Waals surface area contributed by atoms with Crippen molar-refractivity contribution < 1.29 is 4.42 Å². The summed E-state index contributed by atoms with van der Waals surface area (Å²) in [5, 5.41) is 2.19. The molecule has 1 aliphatic rings. The van der Waals surface area contributed by atoms with Crippen molar-refractivity contribution >= 4 is 38.9 Å². The van der Waals surface area contributed by atoms with Gasteiger partial charge in [-0.05, 0) is 105 Å². The molecule has 3 heteroatoms. The molecule has 0 N–H and O–H groups in total. The Balaban J connectivity index is 1.09. The molecule has 9 rings (SSSR count). The second kappa shape index (κ2) is 10.6. The van der Waals surface area contributed by atoms with E-state index in [0.29, 0.717) is 5.89 Å². The molecule has 0 aliphatic heterocycles. The van der Waals surface area contributed by atoms with Gasteiger partial charge in [0.05, 0.1) is 0 Å². The number of hydrogen-bond donors (Lipinski definition) is 0. The van der Waals surface area contributed by atoms with E-state index in [4.69, 9.17) is 9.40 Å². The number of nitrogens with zero attached hydrogens (tertiary/aromatic N) is 2. The molecule has 1 aliphatic carbocycles. The second-order valence-electron chi connectivity index (χ2n) is 12.9. The van der Waals surface area contributed by atoms with E-state index in [1.165, 1.54) is 22.3 Å². The summed E-state index contributed by atoms with van der Waals surface area (Å²) in [5.74, 6) is 0.645. The van der Waals surface area contributed by atoms with E-state index >= 15 is 0 Å². The second-order valence-corrected chi connectivity index (χ2v) is 12.9. The van der Waals surface area contributed by atoms with Crippen molar-refractivity contribution in [3.05, 3.63) is 169 Å². The first kappa shape index (κ1) is 27.4. The van der Waals surface area contributed by atoms with E-state index < -0.39 is 0 Å². The lowest BCUT2D eigenvalue weighted by Crippen LogP contribution is -2.15. The highest BCUT2D eigenvalue weighted by atomic mass is 16.3.